The van der Waals surface area contributed by atoms with E-state index in [0.717, 1.165) is 38.9 Å². The van der Waals surface area contributed by atoms with Crippen molar-refractivity contribution in [2.24, 2.45) is 0 Å². The maximum absolute atomic E-state index is 10.1. The number of fused-ring (bicyclic) bond motifs is 2. The number of methoxy groups -OCH3 is 2. The summed E-state index contributed by atoms with van der Waals surface area (Å²) >= 11 is 0. The Balaban J connectivity index is 2.00. The molecule has 4 aromatic rings. The molecule has 0 aliphatic rings. The summed E-state index contributed by atoms with van der Waals surface area (Å²) < 4.78 is 10.9. The lowest BCUT2D eigenvalue weighted by atomic mass is 10.1. The van der Waals surface area contributed by atoms with Crippen LogP contribution in [0.25, 0.3) is 21.8 Å². The minimum Gasteiger partial charge on any atom is -0.497 e. The molecule has 5 nitrogen and oxygen atoms in total. The molecule has 136 valence electrons. The van der Waals surface area contributed by atoms with Gasteiger partial charge in [0.15, 0.2) is 0 Å². The van der Waals surface area contributed by atoms with Gasteiger partial charge >= 0.3 is 0 Å². The summed E-state index contributed by atoms with van der Waals surface area (Å²) in [4.78, 5) is 6.61. The van der Waals surface area contributed by atoms with E-state index in [0.29, 0.717) is 5.75 Å². The molecule has 0 aliphatic carbocycles. The van der Waals surface area contributed by atoms with Crippen LogP contribution in [0.3, 0.4) is 0 Å². The number of pyridine rings is 1. The lowest BCUT2D eigenvalue weighted by molar-refractivity contribution is 0.303. The molecule has 0 saturated heterocycles. The molecule has 4 rings (SSSR count). The van der Waals surface area contributed by atoms with E-state index in [2.05, 4.69) is 6.07 Å². The van der Waals surface area contributed by atoms with Crippen molar-refractivity contribution in [2.75, 3.05) is 25.9 Å². The van der Waals surface area contributed by atoms with Crippen LogP contribution in [0, 0.1) is 0 Å². The third-order valence-electron chi connectivity index (χ3n) is 4.63. The van der Waals surface area contributed by atoms with Gasteiger partial charge in [-0.25, -0.2) is 4.98 Å². The fourth-order valence-electron chi connectivity index (χ4n) is 3.30. The monoisotopic (exact) mass is 360 g/mol. The zero-order valence-corrected chi connectivity index (χ0v) is 15.2. The highest BCUT2D eigenvalue weighted by molar-refractivity contribution is 6.03. The molecule has 0 atom stereocenters. The van der Waals surface area contributed by atoms with Crippen molar-refractivity contribution in [2.45, 2.75) is 0 Å². The number of hydrogen-bond donors (Lipinski definition) is 1. The van der Waals surface area contributed by atoms with E-state index in [4.69, 9.17) is 14.5 Å². The molecular formula is C22H20N2O3. The zero-order valence-electron chi connectivity index (χ0n) is 15.2. The number of ether oxygens (including phenoxy) is 2. The first-order valence-corrected chi connectivity index (χ1v) is 8.64. The molecule has 5 heteroatoms. The summed E-state index contributed by atoms with van der Waals surface area (Å²) in [6, 6.07) is 21.4. The van der Waals surface area contributed by atoms with Crippen molar-refractivity contribution in [1.82, 2.24) is 4.98 Å². The fraction of sp³-hybridized carbons (Fsp3) is 0.136. The van der Waals surface area contributed by atoms with Gasteiger partial charge in [-0.2, -0.15) is 0 Å². The van der Waals surface area contributed by atoms with Gasteiger partial charge in [0.1, 0.15) is 18.2 Å². The van der Waals surface area contributed by atoms with Gasteiger partial charge in [-0.15, -0.1) is 0 Å². The van der Waals surface area contributed by atoms with Gasteiger partial charge in [0.25, 0.3) is 0 Å². The highest BCUT2D eigenvalue weighted by Gasteiger charge is 2.18. The van der Waals surface area contributed by atoms with Crippen LogP contribution in [0.2, 0.25) is 0 Å². The Bertz CT molecular complexity index is 1100. The Morgan fingerprint density at radius 2 is 1.70 bits per heavy atom. The fourth-order valence-corrected chi connectivity index (χ4v) is 3.30. The van der Waals surface area contributed by atoms with Crippen LogP contribution in [0.1, 0.15) is 0 Å². The average Bonchev–Trinajstić information content (AvgIpc) is 2.73. The number of anilines is 2. The first kappa shape index (κ1) is 17.1. The summed E-state index contributed by atoms with van der Waals surface area (Å²) in [6.07, 6.45) is 0. The van der Waals surface area contributed by atoms with Crippen LogP contribution in [0.4, 0.5) is 11.4 Å². The standard InChI is InChI=1S/C22H20N2O3/c1-26-17-9-8-15-12-18-19(23-20(15)13-17)10-11-21(27-2)22(18)24(14-25)16-6-4-3-5-7-16/h3-13,25H,14H2,1-2H3. The predicted octanol–water partition coefficient (Wildman–Crippen LogP) is 4.49. The molecule has 0 bridgehead atoms. The van der Waals surface area contributed by atoms with E-state index in [1.807, 2.05) is 65.6 Å². The number of nitrogens with zero attached hydrogens (tertiary/aromatic N) is 2. The first-order chi connectivity index (χ1) is 13.2. The molecule has 1 N–H and O–H groups in total. The van der Waals surface area contributed by atoms with Crippen molar-refractivity contribution in [3.63, 3.8) is 0 Å². The van der Waals surface area contributed by atoms with Crippen LogP contribution in [0.5, 0.6) is 11.5 Å². The molecule has 0 unspecified atom stereocenters. The van der Waals surface area contributed by atoms with Gasteiger partial charge in [-0.1, -0.05) is 18.2 Å². The molecule has 0 spiro atoms. The highest BCUT2D eigenvalue weighted by Crippen LogP contribution is 2.40. The Hall–Kier alpha value is -3.31. The second-order valence-corrected chi connectivity index (χ2v) is 6.14. The third-order valence-corrected chi connectivity index (χ3v) is 4.63. The second-order valence-electron chi connectivity index (χ2n) is 6.14. The zero-order chi connectivity index (χ0) is 18.8. The summed E-state index contributed by atoms with van der Waals surface area (Å²) in [6.45, 7) is -0.180. The number of hydrogen-bond acceptors (Lipinski definition) is 5. The lowest BCUT2D eigenvalue weighted by Gasteiger charge is -2.26. The molecule has 27 heavy (non-hydrogen) atoms. The maximum Gasteiger partial charge on any atom is 0.143 e. The summed E-state index contributed by atoms with van der Waals surface area (Å²) in [5.41, 5.74) is 3.34. The number of benzene rings is 3. The van der Waals surface area contributed by atoms with E-state index >= 15 is 0 Å². The Morgan fingerprint density at radius 3 is 2.41 bits per heavy atom. The molecule has 0 radical (unpaired) electrons. The predicted molar refractivity (Wildman–Crippen MR) is 108 cm³/mol. The van der Waals surface area contributed by atoms with Crippen molar-refractivity contribution in [3.8, 4) is 11.5 Å². The van der Waals surface area contributed by atoms with Gasteiger partial charge in [0, 0.05) is 22.5 Å². The number of rotatable bonds is 5. The minimum absolute atomic E-state index is 0.180. The lowest BCUT2D eigenvalue weighted by Crippen LogP contribution is -2.19. The van der Waals surface area contributed by atoms with E-state index in [1.165, 1.54) is 0 Å². The number of para-hydroxylation sites is 1. The van der Waals surface area contributed by atoms with Crippen LogP contribution in [-0.2, 0) is 0 Å². The number of aromatic nitrogens is 1. The Labute approximate surface area is 157 Å². The van der Waals surface area contributed by atoms with Gasteiger partial charge in [0.2, 0.25) is 0 Å². The smallest absolute Gasteiger partial charge is 0.143 e. The van der Waals surface area contributed by atoms with Crippen LogP contribution in [0.15, 0.2) is 66.7 Å². The Morgan fingerprint density at radius 1 is 0.889 bits per heavy atom. The quantitative estimate of drug-likeness (QED) is 0.420. The highest BCUT2D eigenvalue weighted by atomic mass is 16.5. The largest absolute Gasteiger partial charge is 0.497 e. The van der Waals surface area contributed by atoms with E-state index in [9.17, 15) is 5.11 Å². The molecule has 0 saturated carbocycles. The average molecular weight is 360 g/mol. The SMILES string of the molecule is COc1ccc2cc3c(N(CO)c4ccccc4)c(OC)ccc3nc2c1. The van der Waals surface area contributed by atoms with Gasteiger partial charge < -0.3 is 19.5 Å². The van der Waals surface area contributed by atoms with Gasteiger partial charge in [-0.3, -0.25) is 0 Å². The molecule has 1 heterocycles. The first-order valence-electron chi connectivity index (χ1n) is 8.64. The molecule has 0 fully saturated rings. The third kappa shape index (κ3) is 3.02. The maximum atomic E-state index is 10.1. The number of aliphatic hydroxyl groups is 1. The summed E-state index contributed by atoms with van der Waals surface area (Å²) in [5, 5.41) is 12.0. The van der Waals surface area contributed by atoms with E-state index in [1.54, 1.807) is 14.2 Å². The molecule has 1 aromatic heterocycles. The van der Waals surface area contributed by atoms with Crippen LogP contribution < -0.4 is 14.4 Å². The van der Waals surface area contributed by atoms with Crippen molar-refractivity contribution < 1.29 is 14.6 Å². The normalized spacial score (nSPS) is 10.9. The van der Waals surface area contributed by atoms with Crippen LogP contribution in [-0.4, -0.2) is 31.0 Å². The number of aliphatic hydroxyl groups excluding tert-OH is 1. The second kappa shape index (κ2) is 7.13. The molecule has 3 aromatic carbocycles. The summed E-state index contributed by atoms with van der Waals surface area (Å²) in [5.74, 6) is 1.44. The van der Waals surface area contributed by atoms with Crippen molar-refractivity contribution >= 4 is 33.2 Å². The summed E-state index contributed by atoms with van der Waals surface area (Å²) in [7, 11) is 3.27. The van der Waals surface area contributed by atoms with Crippen molar-refractivity contribution in [3.05, 3.63) is 66.7 Å². The van der Waals surface area contributed by atoms with E-state index in [-0.39, 0.29) is 6.73 Å². The topological polar surface area (TPSA) is 54.8 Å². The van der Waals surface area contributed by atoms with E-state index < -0.39 is 0 Å². The Kier molecular flexibility index (Phi) is 4.52. The van der Waals surface area contributed by atoms with Crippen LogP contribution >= 0.6 is 0 Å². The van der Waals surface area contributed by atoms with Gasteiger partial charge in [0.05, 0.1) is 30.9 Å². The molecular weight excluding hydrogens is 340 g/mol. The van der Waals surface area contributed by atoms with Gasteiger partial charge in [-0.05, 0) is 42.5 Å². The minimum atomic E-state index is -0.180. The molecule has 0 amide bonds. The molecule has 0 aliphatic heterocycles. The van der Waals surface area contributed by atoms with Crippen molar-refractivity contribution in [1.29, 1.82) is 0 Å².